The molecule has 1 aliphatic heterocycles. The Kier molecular flexibility index (Phi) is 4.57. The molecule has 5 nitrogen and oxygen atoms in total. The first kappa shape index (κ1) is 15.8. The third-order valence-corrected chi connectivity index (χ3v) is 3.78. The van der Waals surface area contributed by atoms with Crippen LogP contribution >= 0.6 is 0 Å². The Labute approximate surface area is 141 Å². The second-order valence-electron chi connectivity index (χ2n) is 5.36. The average molecular weight is 322 g/mol. The molecule has 0 atom stereocenters. The molecule has 24 heavy (non-hydrogen) atoms. The Morgan fingerprint density at radius 3 is 3.00 bits per heavy atom. The monoisotopic (exact) mass is 322 g/mol. The molecule has 0 aliphatic carbocycles. The molecule has 2 aromatic carbocycles. The lowest BCUT2D eigenvalue weighted by Crippen LogP contribution is -2.38. The van der Waals surface area contributed by atoms with Gasteiger partial charge in [-0.15, -0.1) is 6.42 Å². The van der Waals surface area contributed by atoms with Crippen LogP contribution in [0.2, 0.25) is 0 Å². The quantitative estimate of drug-likeness (QED) is 0.860. The number of carbonyl (C=O) groups is 1. The van der Waals surface area contributed by atoms with E-state index in [1.165, 1.54) is 0 Å². The molecule has 122 valence electrons. The maximum Gasteiger partial charge on any atom is 0.265 e. The number of carbonyl (C=O) groups excluding carboxylic acids is 1. The molecule has 0 bridgehead atoms. The number of methoxy groups -OCH3 is 1. The number of hydrogen-bond acceptors (Lipinski definition) is 4. The number of amides is 1. The summed E-state index contributed by atoms with van der Waals surface area (Å²) in [5, 5.41) is 3.34. The van der Waals surface area contributed by atoms with Crippen LogP contribution in [0.5, 0.6) is 11.5 Å². The van der Waals surface area contributed by atoms with Crippen LogP contribution in [-0.4, -0.2) is 26.2 Å². The van der Waals surface area contributed by atoms with Gasteiger partial charge < -0.3 is 14.8 Å². The van der Waals surface area contributed by atoms with Crippen molar-refractivity contribution in [2.45, 2.75) is 6.54 Å². The Morgan fingerprint density at radius 2 is 2.21 bits per heavy atom. The summed E-state index contributed by atoms with van der Waals surface area (Å²) >= 11 is 0. The average Bonchev–Trinajstić information content (AvgIpc) is 2.62. The highest BCUT2D eigenvalue weighted by atomic mass is 16.5. The number of anilines is 2. The van der Waals surface area contributed by atoms with E-state index >= 15 is 0 Å². The van der Waals surface area contributed by atoms with Gasteiger partial charge in [0.1, 0.15) is 11.5 Å². The van der Waals surface area contributed by atoms with Gasteiger partial charge in [-0.2, -0.15) is 0 Å². The topological polar surface area (TPSA) is 50.8 Å². The highest BCUT2D eigenvalue weighted by molar-refractivity contribution is 5.98. The normalized spacial score (nSPS) is 12.8. The predicted octanol–water partition coefficient (Wildman–Crippen LogP) is 2.67. The summed E-state index contributed by atoms with van der Waals surface area (Å²) in [5.41, 5.74) is 2.72. The van der Waals surface area contributed by atoms with E-state index in [2.05, 4.69) is 11.2 Å². The molecule has 0 unspecified atom stereocenters. The smallest absolute Gasteiger partial charge is 0.265 e. The Hall–Kier alpha value is -3.13. The Morgan fingerprint density at radius 1 is 1.33 bits per heavy atom. The molecular formula is C19H18N2O3. The number of terminal acetylenes is 1. The number of hydrogen-bond donors (Lipinski definition) is 1. The standard InChI is InChI=1S/C19H18N2O3/c1-3-9-21-17-8-7-15(11-18(17)24-13-19(21)22)20-12-14-5-4-6-16(10-14)23-2/h1,4-8,10-11,20H,9,12-13H2,2H3. The minimum atomic E-state index is -0.127. The van der Waals surface area contributed by atoms with E-state index in [-0.39, 0.29) is 19.1 Å². The van der Waals surface area contributed by atoms with Crippen LogP contribution in [-0.2, 0) is 11.3 Å². The number of rotatable bonds is 5. The molecule has 0 saturated heterocycles. The zero-order chi connectivity index (χ0) is 16.9. The molecule has 1 aliphatic rings. The van der Waals surface area contributed by atoms with Crippen LogP contribution in [0.25, 0.3) is 0 Å². The fourth-order valence-electron chi connectivity index (χ4n) is 2.57. The van der Waals surface area contributed by atoms with Crippen LogP contribution in [0.4, 0.5) is 11.4 Å². The molecule has 5 heteroatoms. The molecule has 0 radical (unpaired) electrons. The third-order valence-electron chi connectivity index (χ3n) is 3.78. The molecule has 0 saturated carbocycles. The van der Waals surface area contributed by atoms with E-state index in [1.54, 1.807) is 12.0 Å². The lowest BCUT2D eigenvalue weighted by Gasteiger charge is -2.28. The second kappa shape index (κ2) is 6.97. The van der Waals surface area contributed by atoms with Gasteiger partial charge in [0.2, 0.25) is 0 Å². The van der Waals surface area contributed by atoms with Crippen molar-refractivity contribution in [3.8, 4) is 23.8 Å². The van der Waals surface area contributed by atoms with E-state index in [9.17, 15) is 4.79 Å². The Balaban J connectivity index is 1.74. The fourth-order valence-corrected chi connectivity index (χ4v) is 2.57. The minimum Gasteiger partial charge on any atom is -0.497 e. The fraction of sp³-hybridized carbons (Fsp3) is 0.211. The maximum absolute atomic E-state index is 11.9. The molecule has 2 aromatic rings. The number of nitrogens with zero attached hydrogens (tertiary/aromatic N) is 1. The van der Waals surface area contributed by atoms with Crippen LogP contribution in [0.1, 0.15) is 5.56 Å². The van der Waals surface area contributed by atoms with Crippen molar-refractivity contribution in [1.82, 2.24) is 0 Å². The van der Waals surface area contributed by atoms with Crippen molar-refractivity contribution >= 4 is 17.3 Å². The van der Waals surface area contributed by atoms with Crippen LogP contribution in [0.15, 0.2) is 42.5 Å². The molecule has 0 aromatic heterocycles. The Bertz CT molecular complexity index is 795. The summed E-state index contributed by atoms with van der Waals surface area (Å²) in [6.07, 6.45) is 5.34. The molecule has 1 N–H and O–H groups in total. The molecule has 1 heterocycles. The molecule has 0 fully saturated rings. The number of ether oxygens (including phenoxy) is 2. The molecule has 3 rings (SSSR count). The van der Waals surface area contributed by atoms with Gasteiger partial charge in [-0.1, -0.05) is 18.1 Å². The van der Waals surface area contributed by atoms with Crippen LogP contribution in [0, 0.1) is 12.3 Å². The van der Waals surface area contributed by atoms with Crippen LogP contribution < -0.4 is 19.7 Å². The summed E-state index contributed by atoms with van der Waals surface area (Å²) in [6.45, 7) is 0.906. The largest absolute Gasteiger partial charge is 0.497 e. The maximum atomic E-state index is 11.9. The van der Waals surface area contributed by atoms with Gasteiger partial charge >= 0.3 is 0 Å². The summed E-state index contributed by atoms with van der Waals surface area (Å²) in [7, 11) is 1.65. The van der Waals surface area contributed by atoms with E-state index < -0.39 is 0 Å². The molecular weight excluding hydrogens is 304 g/mol. The molecule has 1 amide bonds. The van der Waals surface area contributed by atoms with Gasteiger partial charge in [-0.3, -0.25) is 9.69 Å². The van der Waals surface area contributed by atoms with Gasteiger partial charge in [-0.05, 0) is 29.8 Å². The predicted molar refractivity (Wildman–Crippen MR) is 93.4 cm³/mol. The zero-order valence-electron chi connectivity index (χ0n) is 13.4. The first-order chi connectivity index (χ1) is 11.7. The van der Waals surface area contributed by atoms with Crippen molar-refractivity contribution in [2.24, 2.45) is 0 Å². The lowest BCUT2D eigenvalue weighted by atomic mass is 10.2. The minimum absolute atomic E-state index is 0.00795. The highest BCUT2D eigenvalue weighted by Gasteiger charge is 2.24. The van der Waals surface area contributed by atoms with Crippen molar-refractivity contribution in [2.75, 3.05) is 30.5 Å². The summed E-state index contributed by atoms with van der Waals surface area (Å²) in [4.78, 5) is 13.4. The lowest BCUT2D eigenvalue weighted by molar-refractivity contribution is -0.121. The summed E-state index contributed by atoms with van der Waals surface area (Å²) in [5.74, 6) is 3.85. The molecule has 0 spiro atoms. The SMILES string of the molecule is C#CCN1C(=O)COc2cc(NCc3cccc(OC)c3)ccc21. The number of fused-ring (bicyclic) bond motifs is 1. The van der Waals surface area contributed by atoms with Crippen molar-refractivity contribution in [3.05, 3.63) is 48.0 Å². The zero-order valence-corrected chi connectivity index (χ0v) is 13.4. The first-order valence-corrected chi connectivity index (χ1v) is 7.59. The van der Waals surface area contributed by atoms with Crippen molar-refractivity contribution in [3.63, 3.8) is 0 Å². The van der Waals surface area contributed by atoms with Crippen molar-refractivity contribution in [1.29, 1.82) is 0 Å². The second-order valence-corrected chi connectivity index (χ2v) is 5.36. The van der Waals surface area contributed by atoms with Gasteiger partial charge in [0.15, 0.2) is 6.61 Å². The number of nitrogens with one attached hydrogen (secondary N) is 1. The van der Waals surface area contributed by atoms with Crippen LogP contribution in [0.3, 0.4) is 0 Å². The van der Waals surface area contributed by atoms with E-state index in [0.717, 1.165) is 17.0 Å². The van der Waals surface area contributed by atoms with Gasteiger partial charge in [0.05, 0.1) is 19.3 Å². The summed E-state index contributed by atoms with van der Waals surface area (Å²) < 4.78 is 10.7. The highest BCUT2D eigenvalue weighted by Crippen LogP contribution is 2.34. The van der Waals surface area contributed by atoms with Gasteiger partial charge in [-0.25, -0.2) is 0 Å². The van der Waals surface area contributed by atoms with E-state index in [0.29, 0.717) is 18.0 Å². The van der Waals surface area contributed by atoms with Gasteiger partial charge in [0, 0.05) is 18.3 Å². The van der Waals surface area contributed by atoms with E-state index in [4.69, 9.17) is 15.9 Å². The first-order valence-electron chi connectivity index (χ1n) is 7.59. The van der Waals surface area contributed by atoms with Crippen molar-refractivity contribution < 1.29 is 14.3 Å². The summed E-state index contributed by atoms with van der Waals surface area (Å²) in [6, 6.07) is 13.5. The van der Waals surface area contributed by atoms with E-state index in [1.807, 2.05) is 42.5 Å². The van der Waals surface area contributed by atoms with Gasteiger partial charge in [0.25, 0.3) is 5.91 Å². The third kappa shape index (κ3) is 3.28. The number of benzene rings is 2.